The van der Waals surface area contributed by atoms with Crippen molar-refractivity contribution in [1.29, 1.82) is 0 Å². The van der Waals surface area contributed by atoms with E-state index in [9.17, 15) is 34.6 Å². The quantitative estimate of drug-likeness (QED) is 0.495. The minimum absolute atomic E-state index is 2.07. The van der Waals surface area contributed by atoms with Gasteiger partial charge in [0.15, 0.2) is 5.94 Å². The Kier molecular flexibility index (Phi) is 3.30. The SMILES string of the molecule is [O]S(=O)(=O)COS(=O)(=O)C(F)(F)F. The molecule has 0 aliphatic carbocycles. The van der Waals surface area contributed by atoms with Gasteiger partial charge in [0.05, 0.1) is 0 Å². The highest BCUT2D eigenvalue weighted by Crippen LogP contribution is 2.24. The minimum atomic E-state index is -6.01. The van der Waals surface area contributed by atoms with Crippen molar-refractivity contribution in [3.05, 3.63) is 0 Å². The van der Waals surface area contributed by atoms with E-state index in [-0.39, 0.29) is 0 Å². The predicted molar refractivity (Wildman–Crippen MR) is 30.5 cm³/mol. The molecule has 0 N–H and O–H groups in total. The van der Waals surface area contributed by atoms with E-state index in [1.807, 2.05) is 0 Å². The van der Waals surface area contributed by atoms with Crippen LogP contribution in [0.25, 0.3) is 0 Å². The average molecular weight is 243 g/mol. The Hall–Kier alpha value is -0.390. The van der Waals surface area contributed by atoms with Gasteiger partial charge in [-0.05, 0) is 0 Å². The molecule has 0 aliphatic heterocycles. The number of halogens is 3. The van der Waals surface area contributed by atoms with Crippen LogP contribution in [-0.2, 0) is 29.0 Å². The standard InChI is InChI=1S/C2H2F3O6S2/c3-2(4,5)13(9,10)11-1-12(6,7)8/h1H2. The first kappa shape index (κ1) is 12.6. The molecule has 0 rings (SSSR count). The lowest BCUT2D eigenvalue weighted by Crippen LogP contribution is -2.27. The molecule has 6 nitrogen and oxygen atoms in total. The van der Waals surface area contributed by atoms with E-state index < -0.39 is 31.7 Å². The van der Waals surface area contributed by atoms with Crippen LogP contribution in [-0.4, -0.2) is 28.3 Å². The summed E-state index contributed by atoms with van der Waals surface area (Å²) in [4.78, 5) is 0. The molecule has 11 heteroatoms. The van der Waals surface area contributed by atoms with Crippen LogP contribution in [0.3, 0.4) is 0 Å². The molecule has 0 aromatic carbocycles. The largest absolute Gasteiger partial charge is 0.523 e. The van der Waals surface area contributed by atoms with Gasteiger partial charge in [-0.15, -0.1) is 0 Å². The van der Waals surface area contributed by atoms with Crippen molar-refractivity contribution in [1.82, 2.24) is 0 Å². The van der Waals surface area contributed by atoms with Gasteiger partial charge < -0.3 is 0 Å². The second-order valence-corrected chi connectivity index (χ2v) is 4.65. The zero-order valence-electron chi connectivity index (χ0n) is 5.61. The van der Waals surface area contributed by atoms with Gasteiger partial charge in [0.2, 0.25) is 0 Å². The second-order valence-electron chi connectivity index (χ2n) is 1.69. The molecule has 0 spiro atoms. The molecular weight excluding hydrogens is 241 g/mol. The van der Waals surface area contributed by atoms with Crippen LogP contribution < -0.4 is 0 Å². The molecule has 0 saturated carbocycles. The molecule has 1 radical (unpaired) electrons. The first-order chi connectivity index (χ1) is 5.46. The van der Waals surface area contributed by atoms with E-state index in [2.05, 4.69) is 4.18 Å². The zero-order chi connectivity index (χ0) is 10.9. The fourth-order valence-corrected chi connectivity index (χ4v) is 1.30. The van der Waals surface area contributed by atoms with Gasteiger partial charge in [0, 0.05) is 0 Å². The van der Waals surface area contributed by atoms with E-state index >= 15 is 0 Å². The van der Waals surface area contributed by atoms with Crippen LogP contribution in [0.2, 0.25) is 0 Å². The number of hydrogen-bond acceptors (Lipinski definition) is 5. The number of alkyl halides is 3. The molecule has 13 heavy (non-hydrogen) atoms. The average Bonchev–Trinajstić information content (AvgIpc) is 1.79. The fourth-order valence-electron chi connectivity index (χ4n) is 0.189. The van der Waals surface area contributed by atoms with Crippen LogP contribution in [0.5, 0.6) is 0 Å². The maximum absolute atomic E-state index is 11.4. The molecule has 0 bridgehead atoms. The zero-order valence-corrected chi connectivity index (χ0v) is 7.24. The normalized spacial score (nSPS) is 14.5. The summed E-state index contributed by atoms with van der Waals surface area (Å²) in [5.74, 6) is -2.07. The summed E-state index contributed by atoms with van der Waals surface area (Å²) >= 11 is 0. The third-order valence-electron chi connectivity index (χ3n) is 0.631. The van der Waals surface area contributed by atoms with E-state index in [1.54, 1.807) is 0 Å². The van der Waals surface area contributed by atoms with E-state index in [4.69, 9.17) is 0 Å². The van der Waals surface area contributed by atoms with Gasteiger partial charge in [-0.3, -0.25) is 0 Å². The summed E-state index contributed by atoms with van der Waals surface area (Å²) in [6.45, 7) is 0. The third-order valence-corrected chi connectivity index (χ3v) is 2.18. The third kappa shape index (κ3) is 4.40. The van der Waals surface area contributed by atoms with Crippen LogP contribution in [0, 0.1) is 0 Å². The Morgan fingerprint density at radius 2 is 1.46 bits per heavy atom. The Balaban J connectivity index is 4.59. The van der Waals surface area contributed by atoms with E-state index in [1.165, 1.54) is 0 Å². The van der Waals surface area contributed by atoms with Crippen molar-refractivity contribution in [2.75, 3.05) is 5.94 Å². The van der Waals surface area contributed by atoms with Crippen LogP contribution in [0.1, 0.15) is 0 Å². The molecule has 0 aliphatic rings. The van der Waals surface area contributed by atoms with Crippen molar-refractivity contribution in [2.45, 2.75) is 5.51 Å². The Morgan fingerprint density at radius 3 is 1.69 bits per heavy atom. The van der Waals surface area contributed by atoms with Crippen LogP contribution in [0.4, 0.5) is 13.2 Å². The Morgan fingerprint density at radius 1 is 1.08 bits per heavy atom. The van der Waals surface area contributed by atoms with Gasteiger partial charge in [0.1, 0.15) is 0 Å². The van der Waals surface area contributed by atoms with E-state index in [0.717, 1.165) is 0 Å². The molecule has 0 aromatic rings. The molecule has 0 unspecified atom stereocenters. The van der Waals surface area contributed by atoms with Crippen molar-refractivity contribution in [3.8, 4) is 0 Å². The summed E-state index contributed by atoms with van der Waals surface area (Å²) < 4.78 is 86.1. The highest BCUT2D eigenvalue weighted by Gasteiger charge is 2.47. The highest BCUT2D eigenvalue weighted by molar-refractivity contribution is 7.89. The fraction of sp³-hybridized carbons (Fsp3) is 1.00. The summed E-state index contributed by atoms with van der Waals surface area (Å²) in [5.41, 5.74) is -5.74. The van der Waals surface area contributed by atoms with Crippen molar-refractivity contribution < 1.29 is 38.7 Å². The summed E-state index contributed by atoms with van der Waals surface area (Å²) in [7, 11) is -11.2. The molecular formula is C2H2F3O6S2. The van der Waals surface area contributed by atoms with Crippen molar-refractivity contribution >= 4 is 20.2 Å². The summed E-state index contributed by atoms with van der Waals surface area (Å²) in [6, 6.07) is 0. The molecule has 0 aromatic heterocycles. The summed E-state index contributed by atoms with van der Waals surface area (Å²) in [6.07, 6.45) is 0. The molecule has 0 saturated heterocycles. The molecule has 0 amide bonds. The monoisotopic (exact) mass is 243 g/mol. The second kappa shape index (κ2) is 3.40. The maximum atomic E-state index is 11.4. The lowest BCUT2D eigenvalue weighted by atomic mass is 11.6. The van der Waals surface area contributed by atoms with Gasteiger partial charge in [0.25, 0.3) is 0 Å². The lowest BCUT2D eigenvalue weighted by molar-refractivity contribution is -0.0531. The molecule has 0 heterocycles. The van der Waals surface area contributed by atoms with Crippen molar-refractivity contribution in [2.24, 2.45) is 0 Å². The Bertz CT molecular complexity index is 361. The molecule has 0 atom stereocenters. The Labute approximate surface area is 71.2 Å². The molecule has 79 valence electrons. The highest BCUT2D eigenvalue weighted by atomic mass is 32.2. The van der Waals surface area contributed by atoms with Crippen LogP contribution in [0.15, 0.2) is 0 Å². The number of rotatable bonds is 3. The first-order valence-corrected chi connectivity index (χ1v) is 5.33. The van der Waals surface area contributed by atoms with Gasteiger partial charge in [-0.2, -0.15) is 30.0 Å². The smallest absolute Gasteiger partial charge is 0.244 e. The van der Waals surface area contributed by atoms with Gasteiger partial charge in [-0.1, -0.05) is 4.55 Å². The summed E-state index contributed by atoms with van der Waals surface area (Å²) in [5, 5.41) is 0. The van der Waals surface area contributed by atoms with Crippen molar-refractivity contribution in [3.63, 3.8) is 0 Å². The van der Waals surface area contributed by atoms with E-state index in [0.29, 0.717) is 0 Å². The first-order valence-electron chi connectivity index (χ1n) is 2.35. The van der Waals surface area contributed by atoms with Gasteiger partial charge in [-0.25, -0.2) is 4.18 Å². The predicted octanol–water partition coefficient (Wildman–Crippen LogP) is -0.430. The van der Waals surface area contributed by atoms with Crippen LogP contribution >= 0.6 is 0 Å². The molecule has 0 fully saturated rings. The maximum Gasteiger partial charge on any atom is 0.523 e. The van der Waals surface area contributed by atoms with Gasteiger partial charge >= 0.3 is 25.7 Å². The minimum Gasteiger partial charge on any atom is -0.244 e. The number of hydrogen-bond donors (Lipinski definition) is 0. The lowest BCUT2D eigenvalue weighted by Gasteiger charge is -2.05. The topological polar surface area (TPSA) is 97.4 Å².